The lowest BCUT2D eigenvalue weighted by molar-refractivity contribution is -0.125. The first-order valence-electron chi connectivity index (χ1n) is 13.4. The van der Waals surface area contributed by atoms with Gasteiger partial charge in [-0.25, -0.2) is 4.98 Å². The summed E-state index contributed by atoms with van der Waals surface area (Å²) in [4.78, 5) is 21.3. The number of rotatable bonds is 10. The third-order valence-corrected chi connectivity index (χ3v) is 7.10. The third-order valence-electron chi connectivity index (χ3n) is 7.10. The van der Waals surface area contributed by atoms with E-state index in [1.54, 1.807) is 12.3 Å². The van der Waals surface area contributed by atoms with Crippen molar-refractivity contribution >= 4 is 22.8 Å². The molecule has 1 saturated heterocycles. The maximum absolute atomic E-state index is 12.7. The normalized spacial score (nSPS) is 17.3. The number of likely N-dealkylation sites (tertiary alicyclic amines) is 1. The van der Waals surface area contributed by atoms with Crippen molar-refractivity contribution in [3.8, 4) is 23.0 Å². The van der Waals surface area contributed by atoms with Gasteiger partial charge in [0.25, 0.3) is 0 Å². The van der Waals surface area contributed by atoms with Crippen molar-refractivity contribution in [2.75, 3.05) is 32.0 Å². The van der Waals surface area contributed by atoms with Crippen molar-refractivity contribution in [2.24, 2.45) is 0 Å². The molecule has 39 heavy (non-hydrogen) atoms. The van der Waals surface area contributed by atoms with Gasteiger partial charge in [-0.2, -0.15) is 5.10 Å². The highest BCUT2D eigenvalue weighted by Crippen LogP contribution is 2.35. The Morgan fingerprint density at radius 1 is 1.08 bits per heavy atom. The number of amides is 1. The second kappa shape index (κ2) is 11.2. The summed E-state index contributed by atoms with van der Waals surface area (Å²) in [6.45, 7) is 2.13. The molecular formula is C30H32N6O3. The number of likely N-dealkylation sites (N-methyl/N-ethyl adjacent to an activating group) is 1. The summed E-state index contributed by atoms with van der Waals surface area (Å²) in [5.41, 5.74) is 0.625. The average molecular weight is 525 g/mol. The number of carbonyl (C=O) groups excluding carboxylic acids is 1. The van der Waals surface area contributed by atoms with Gasteiger partial charge < -0.3 is 19.7 Å². The Kier molecular flexibility index (Phi) is 7.14. The number of nitrogens with one attached hydrogen (secondary N) is 2. The zero-order valence-electron chi connectivity index (χ0n) is 21.9. The van der Waals surface area contributed by atoms with Crippen LogP contribution in [0.2, 0.25) is 0 Å². The highest BCUT2D eigenvalue weighted by molar-refractivity contribution is 5.93. The molecule has 1 atom stereocenters. The predicted octanol–water partition coefficient (Wildman–Crippen LogP) is 5.21. The molecule has 2 aliphatic rings. The molecule has 1 amide bonds. The van der Waals surface area contributed by atoms with Gasteiger partial charge in [0.1, 0.15) is 28.4 Å². The standard InChI is InChI=1S/C30H32N6O3/c1-35(22-12-13-22)17-6-11-27(37)36-18-15-21(20-36)32-30-28-26(14-16-31-29(28)33-34-30)39-25-10-5-9-24(19-25)38-23-7-3-2-4-8-23/h2-11,14,16,19,21-22H,12-13,15,17-18,20H2,1H3,(H2,31,32,33,34)/b11-6+. The molecule has 2 N–H and O–H groups in total. The molecule has 0 spiro atoms. The van der Waals surface area contributed by atoms with E-state index in [-0.39, 0.29) is 11.9 Å². The highest BCUT2D eigenvalue weighted by atomic mass is 16.5. The fourth-order valence-electron chi connectivity index (χ4n) is 4.83. The number of H-pyrrole nitrogens is 1. The van der Waals surface area contributed by atoms with Gasteiger partial charge in [0.05, 0.1) is 0 Å². The second-order valence-electron chi connectivity index (χ2n) is 10.1. The van der Waals surface area contributed by atoms with E-state index >= 15 is 0 Å². The summed E-state index contributed by atoms with van der Waals surface area (Å²) in [7, 11) is 2.11. The minimum absolute atomic E-state index is 0.0543. The molecule has 2 aromatic carbocycles. The van der Waals surface area contributed by atoms with Crippen LogP contribution in [0.4, 0.5) is 5.82 Å². The smallest absolute Gasteiger partial charge is 0.246 e. The van der Waals surface area contributed by atoms with Crippen LogP contribution in [0.5, 0.6) is 23.0 Å². The SMILES string of the molecule is CN(C/C=C/C(=O)N1CCC(Nc2n[nH]c3nccc(Oc4cccc(Oc5ccccc5)c4)c23)C1)C1CC1. The Balaban J connectivity index is 1.12. The second-order valence-corrected chi connectivity index (χ2v) is 10.1. The Labute approximate surface area is 227 Å². The van der Waals surface area contributed by atoms with E-state index in [9.17, 15) is 4.79 Å². The molecule has 200 valence electrons. The van der Waals surface area contributed by atoms with E-state index in [1.807, 2.05) is 71.6 Å². The van der Waals surface area contributed by atoms with Crippen LogP contribution >= 0.6 is 0 Å². The number of carbonyl (C=O) groups is 1. The van der Waals surface area contributed by atoms with Crippen molar-refractivity contribution in [1.29, 1.82) is 0 Å². The van der Waals surface area contributed by atoms with Crippen LogP contribution in [0.15, 0.2) is 79.0 Å². The van der Waals surface area contributed by atoms with Crippen LogP contribution in [-0.2, 0) is 4.79 Å². The Morgan fingerprint density at radius 3 is 2.69 bits per heavy atom. The maximum Gasteiger partial charge on any atom is 0.246 e. The summed E-state index contributed by atoms with van der Waals surface area (Å²) in [5, 5.41) is 11.7. The van der Waals surface area contributed by atoms with Crippen LogP contribution in [0.25, 0.3) is 11.0 Å². The van der Waals surface area contributed by atoms with E-state index in [0.29, 0.717) is 47.8 Å². The number of pyridine rings is 1. The lowest BCUT2D eigenvalue weighted by Gasteiger charge is -2.16. The maximum atomic E-state index is 12.7. The topological polar surface area (TPSA) is 95.6 Å². The van der Waals surface area contributed by atoms with Gasteiger partial charge in [0, 0.05) is 56.1 Å². The zero-order valence-corrected chi connectivity index (χ0v) is 21.9. The van der Waals surface area contributed by atoms with E-state index in [2.05, 4.69) is 32.4 Å². The summed E-state index contributed by atoms with van der Waals surface area (Å²) in [6.07, 6.45) is 8.72. The van der Waals surface area contributed by atoms with E-state index in [1.165, 1.54) is 12.8 Å². The molecule has 3 heterocycles. The average Bonchev–Trinajstić information content (AvgIpc) is 3.57. The molecule has 1 aliphatic carbocycles. The van der Waals surface area contributed by atoms with Gasteiger partial charge in [-0.05, 0) is 50.6 Å². The van der Waals surface area contributed by atoms with E-state index in [0.717, 1.165) is 24.1 Å². The Hall–Kier alpha value is -4.37. The summed E-state index contributed by atoms with van der Waals surface area (Å²) >= 11 is 0. The first kappa shape index (κ1) is 24.9. The fraction of sp³-hybridized carbons (Fsp3) is 0.300. The molecule has 0 radical (unpaired) electrons. The number of anilines is 1. The number of para-hydroxylation sites is 1. The molecular weight excluding hydrogens is 492 g/mol. The lowest BCUT2D eigenvalue weighted by atomic mass is 10.2. The van der Waals surface area contributed by atoms with Crippen molar-refractivity contribution in [3.05, 3.63) is 79.0 Å². The Morgan fingerprint density at radius 2 is 1.87 bits per heavy atom. The minimum atomic E-state index is 0.0543. The van der Waals surface area contributed by atoms with E-state index < -0.39 is 0 Å². The van der Waals surface area contributed by atoms with Crippen LogP contribution in [0, 0.1) is 0 Å². The lowest BCUT2D eigenvalue weighted by Crippen LogP contribution is -2.30. The number of fused-ring (bicyclic) bond motifs is 1. The number of aromatic nitrogens is 3. The third kappa shape index (κ3) is 6.04. The molecule has 9 heteroatoms. The molecule has 2 aromatic heterocycles. The molecule has 9 nitrogen and oxygen atoms in total. The summed E-state index contributed by atoms with van der Waals surface area (Å²) < 4.78 is 12.2. The molecule has 1 unspecified atom stereocenters. The summed E-state index contributed by atoms with van der Waals surface area (Å²) in [6, 6.07) is 19.7. The fourth-order valence-corrected chi connectivity index (χ4v) is 4.83. The highest BCUT2D eigenvalue weighted by Gasteiger charge is 2.27. The van der Waals surface area contributed by atoms with Crippen LogP contribution in [0.1, 0.15) is 19.3 Å². The number of ether oxygens (including phenoxy) is 2. The predicted molar refractivity (Wildman–Crippen MR) is 150 cm³/mol. The molecule has 1 aliphatic heterocycles. The van der Waals surface area contributed by atoms with Crippen molar-refractivity contribution in [1.82, 2.24) is 25.0 Å². The summed E-state index contributed by atoms with van der Waals surface area (Å²) in [5.74, 6) is 3.41. The van der Waals surface area contributed by atoms with Gasteiger partial charge >= 0.3 is 0 Å². The monoisotopic (exact) mass is 524 g/mol. The van der Waals surface area contributed by atoms with Crippen LogP contribution in [-0.4, -0.2) is 69.7 Å². The van der Waals surface area contributed by atoms with Gasteiger partial charge in [0.2, 0.25) is 5.91 Å². The van der Waals surface area contributed by atoms with Crippen LogP contribution < -0.4 is 14.8 Å². The van der Waals surface area contributed by atoms with Gasteiger partial charge in [-0.3, -0.25) is 14.8 Å². The van der Waals surface area contributed by atoms with Crippen molar-refractivity contribution in [2.45, 2.75) is 31.3 Å². The molecule has 1 saturated carbocycles. The van der Waals surface area contributed by atoms with E-state index in [4.69, 9.17) is 9.47 Å². The van der Waals surface area contributed by atoms with Gasteiger partial charge in [-0.1, -0.05) is 30.3 Å². The Bertz CT molecular complexity index is 1470. The molecule has 2 fully saturated rings. The van der Waals surface area contributed by atoms with Gasteiger partial charge in [-0.15, -0.1) is 0 Å². The molecule has 4 aromatic rings. The molecule has 0 bridgehead atoms. The number of hydrogen-bond acceptors (Lipinski definition) is 7. The minimum Gasteiger partial charge on any atom is -0.457 e. The first-order valence-corrected chi connectivity index (χ1v) is 13.4. The van der Waals surface area contributed by atoms with Crippen LogP contribution in [0.3, 0.4) is 0 Å². The number of hydrogen-bond donors (Lipinski definition) is 2. The van der Waals surface area contributed by atoms with Crippen molar-refractivity contribution in [3.63, 3.8) is 0 Å². The molecule has 6 rings (SSSR count). The quantitative estimate of drug-likeness (QED) is 0.275. The largest absolute Gasteiger partial charge is 0.457 e. The number of nitrogens with zero attached hydrogens (tertiary/aromatic N) is 4. The van der Waals surface area contributed by atoms with Crippen molar-refractivity contribution < 1.29 is 14.3 Å². The number of aromatic amines is 1. The zero-order chi connectivity index (χ0) is 26.6. The first-order chi connectivity index (χ1) is 19.1. The van der Waals surface area contributed by atoms with Gasteiger partial charge in [0.15, 0.2) is 11.5 Å². The number of benzene rings is 2.